The lowest BCUT2D eigenvalue weighted by Gasteiger charge is -2.40. The lowest BCUT2D eigenvalue weighted by Crippen LogP contribution is -2.32. The van der Waals surface area contributed by atoms with Crippen molar-refractivity contribution in [2.24, 2.45) is 0 Å². The number of nitrogens with zero attached hydrogens (tertiary/aromatic N) is 1. The summed E-state index contributed by atoms with van der Waals surface area (Å²) in [5.41, 5.74) is 17.9. The van der Waals surface area contributed by atoms with Crippen LogP contribution in [0.25, 0.3) is 75.1 Å². The lowest BCUT2D eigenvalue weighted by molar-refractivity contribution is 0.447. The van der Waals surface area contributed by atoms with Crippen LogP contribution in [0.5, 0.6) is 11.5 Å². The molecule has 0 unspecified atom stereocenters. The van der Waals surface area contributed by atoms with Gasteiger partial charge in [0.15, 0.2) is 0 Å². The SMILES string of the molecule is CC1(C)c2ccccc2-c2cc(N(c3ccc(-c4ccc5c(c4)C4(c6ccccc6-5)c5ccc6ccccc6c5Oc5c4ccc4ccccc54)cc3)c3ccc4c(c3)sc3ccccc34)ccc21. The summed E-state index contributed by atoms with van der Waals surface area (Å²) in [6.45, 7) is 4.71. The summed E-state index contributed by atoms with van der Waals surface area (Å²) in [6.07, 6.45) is 0. The van der Waals surface area contributed by atoms with Crippen molar-refractivity contribution < 1.29 is 4.74 Å². The van der Waals surface area contributed by atoms with Gasteiger partial charge in [0.1, 0.15) is 11.5 Å². The molecule has 0 fully saturated rings. The Bertz CT molecular complexity index is 4070. The van der Waals surface area contributed by atoms with E-state index in [4.69, 9.17) is 4.74 Å². The molecule has 0 bridgehead atoms. The highest BCUT2D eigenvalue weighted by atomic mass is 32.1. The Kier molecular flexibility index (Phi) is 7.96. The minimum absolute atomic E-state index is 0.0703. The Hall–Kier alpha value is -8.24. The molecule has 324 valence electrons. The highest BCUT2D eigenvalue weighted by Crippen LogP contribution is 2.64. The normalized spacial score (nSPS) is 14.3. The predicted octanol–water partition coefficient (Wildman–Crippen LogP) is 18.3. The van der Waals surface area contributed by atoms with E-state index in [9.17, 15) is 0 Å². The molecule has 1 spiro atoms. The van der Waals surface area contributed by atoms with E-state index in [1.54, 1.807) is 0 Å². The Morgan fingerprint density at radius 3 is 1.61 bits per heavy atom. The van der Waals surface area contributed by atoms with E-state index in [2.05, 4.69) is 243 Å². The van der Waals surface area contributed by atoms with Crippen molar-refractivity contribution in [3.05, 3.63) is 258 Å². The zero-order valence-electron chi connectivity index (χ0n) is 38.1. The molecule has 3 aliphatic rings. The zero-order chi connectivity index (χ0) is 45.6. The van der Waals surface area contributed by atoms with E-state index in [0.29, 0.717) is 0 Å². The number of anilines is 3. The highest BCUT2D eigenvalue weighted by molar-refractivity contribution is 7.25. The minimum Gasteiger partial charge on any atom is -0.455 e. The molecule has 0 saturated heterocycles. The van der Waals surface area contributed by atoms with E-state index in [0.717, 1.165) is 39.3 Å². The summed E-state index contributed by atoms with van der Waals surface area (Å²) in [6, 6.07) is 83.7. The van der Waals surface area contributed by atoms with Gasteiger partial charge in [0.2, 0.25) is 0 Å². The molecule has 12 aromatic rings. The number of thiophene rings is 1. The van der Waals surface area contributed by atoms with Crippen molar-refractivity contribution in [1.29, 1.82) is 0 Å². The average Bonchev–Trinajstić information content (AvgIpc) is 3.99. The fraction of sp³-hybridized carbons (Fsp3) is 0.0606. The third-order valence-corrected chi connectivity index (χ3v) is 16.9. The maximum absolute atomic E-state index is 7.23. The van der Waals surface area contributed by atoms with Gasteiger partial charge in [-0.1, -0.05) is 190 Å². The van der Waals surface area contributed by atoms with E-state index in [-0.39, 0.29) is 5.41 Å². The molecule has 0 atom stereocenters. The van der Waals surface area contributed by atoms with Gasteiger partial charge in [-0.05, 0) is 115 Å². The molecule has 15 rings (SSSR count). The molecule has 0 amide bonds. The molecular formula is C66H43NOS. The van der Waals surface area contributed by atoms with Gasteiger partial charge in [0, 0.05) is 64.5 Å². The summed E-state index contributed by atoms with van der Waals surface area (Å²) in [4.78, 5) is 2.45. The van der Waals surface area contributed by atoms with Crippen molar-refractivity contribution in [2.75, 3.05) is 4.90 Å². The van der Waals surface area contributed by atoms with Crippen LogP contribution in [0.1, 0.15) is 47.2 Å². The van der Waals surface area contributed by atoms with Crippen LogP contribution in [0.3, 0.4) is 0 Å². The van der Waals surface area contributed by atoms with E-state index >= 15 is 0 Å². The Labute approximate surface area is 405 Å². The maximum atomic E-state index is 7.23. The lowest BCUT2D eigenvalue weighted by atomic mass is 9.65. The van der Waals surface area contributed by atoms with Gasteiger partial charge in [-0.3, -0.25) is 0 Å². The first-order valence-electron chi connectivity index (χ1n) is 24.0. The molecule has 11 aromatic carbocycles. The Balaban J connectivity index is 0.911. The van der Waals surface area contributed by atoms with Crippen molar-refractivity contribution in [3.8, 4) is 44.9 Å². The third-order valence-electron chi connectivity index (χ3n) is 15.7. The first-order chi connectivity index (χ1) is 33.9. The summed E-state index contributed by atoms with van der Waals surface area (Å²) >= 11 is 1.87. The summed E-state index contributed by atoms with van der Waals surface area (Å²) < 4.78 is 9.83. The van der Waals surface area contributed by atoms with E-state index in [1.165, 1.54) is 97.7 Å². The van der Waals surface area contributed by atoms with Crippen molar-refractivity contribution >= 4 is 70.1 Å². The monoisotopic (exact) mass is 897 g/mol. The second-order valence-electron chi connectivity index (χ2n) is 19.5. The molecule has 0 saturated carbocycles. The molecule has 3 heteroatoms. The third kappa shape index (κ3) is 5.31. The molecule has 2 nitrogen and oxygen atoms in total. The van der Waals surface area contributed by atoms with Crippen LogP contribution >= 0.6 is 11.3 Å². The zero-order valence-corrected chi connectivity index (χ0v) is 38.9. The van der Waals surface area contributed by atoms with Crippen LogP contribution in [-0.4, -0.2) is 0 Å². The minimum atomic E-state index is -0.609. The van der Waals surface area contributed by atoms with Crippen LogP contribution in [0.15, 0.2) is 224 Å². The van der Waals surface area contributed by atoms with Gasteiger partial charge in [0.05, 0.1) is 5.41 Å². The summed E-state index contributed by atoms with van der Waals surface area (Å²) in [5, 5.41) is 7.19. The van der Waals surface area contributed by atoms with Crippen LogP contribution in [0, 0.1) is 0 Å². The molecule has 69 heavy (non-hydrogen) atoms. The number of rotatable bonds is 4. The van der Waals surface area contributed by atoms with Crippen LogP contribution in [0.4, 0.5) is 17.1 Å². The number of benzene rings is 11. The summed E-state index contributed by atoms with van der Waals surface area (Å²) in [5.74, 6) is 1.86. The quantitative estimate of drug-likeness (QED) is 0.175. The van der Waals surface area contributed by atoms with E-state index in [1.807, 2.05) is 11.3 Å². The number of hydrogen-bond donors (Lipinski definition) is 0. The van der Waals surface area contributed by atoms with Gasteiger partial charge >= 0.3 is 0 Å². The second kappa shape index (κ2) is 14.1. The van der Waals surface area contributed by atoms with Gasteiger partial charge in [0.25, 0.3) is 0 Å². The van der Waals surface area contributed by atoms with Crippen molar-refractivity contribution in [1.82, 2.24) is 0 Å². The van der Waals surface area contributed by atoms with Crippen molar-refractivity contribution in [2.45, 2.75) is 24.7 Å². The Morgan fingerprint density at radius 1 is 0.348 bits per heavy atom. The maximum Gasteiger partial charge on any atom is 0.140 e. The first kappa shape index (κ1) is 38.8. The topological polar surface area (TPSA) is 12.5 Å². The largest absolute Gasteiger partial charge is 0.455 e. The fourth-order valence-corrected chi connectivity index (χ4v) is 13.7. The Morgan fingerprint density at radius 2 is 0.870 bits per heavy atom. The number of hydrogen-bond acceptors (Lipinski definition) is 3. The fourth-order valence-electron chi connectivity index (χ4n) is 12.5. The van der Waals surface area contributed by atoms with Crippen LogP contribution < -0.4 is 9.64 Å². The number of fused-ring (bicyclic) bond motifs is 19. The van der Waals surface area contributed by atoms with Crippen molar-refractivity contribution in [3.63, 3.8) is 0 Å². The molecule has 1 aliphatic heterocycles. The van der Waals surface area contributed by atoms with Gasteiger partial charge in [-0.25, -0.2) is 0 Å². The molecule has 1 aromatic heterocycles. The molecule has 0 N–H and O–H groups in total. The highest BCUT2D eigenvalue weighted by Gasteiger charge is 2.52. The van der Waals surface area contributed by atoms with E-state index < -0.39 is 5.41 Å². The van der Waals surface area contributed by atoms with Crippen LogP contribution in [-0.2, 0) is 10.8 Å². The number of ether oxygens (including phenoxy) is 1. The predicted molar refractivity (Wildman–Crippen MR) is 289 cm³/mol. The van der Waals surface area contributed by atoms with Crippen LogP contribution in [0.2, 0.25) is 0 Å². The van der Waals surface area contributed by atoms with Gasteiger partial charge in [-0.2, -0.15) is 0 Å². The summed E-state index contributed by atoms with van der Waals surface area (Å²) in [7, 11) is 0. The standard InChI is InChI=1S/C66H43NOS/c1-65(2)55-20-10-7-18-50(55)54-38-45(31-36-56(54)65)67(46-30-33-53-52-19-9-12-22-61(52)69-62(53)39-46)44-28-23-40(24-29-44)43-25-32-51-49-17-8-11-21-57(49)66(60(51)37-43)58-34-26-41-13-3-5-15-47(41)63(58)68-64-48-16-6-4-14-42(48)27-35-59(64)66/h3-39H,1-2H3. The van der Waals surface area contributed by atoms with Gasteiger partial charge in [-0.15, -0.1) is 11.3 Å². The first-order valence-corrected chi connectivity index (χ1v) is 24.8. The second-order valence-corrected chi connectivity index (χ2v) is 20.6. The smallest absolute Gasteiger partial charge is 0.140 e. The average molecular weight is 898 g/mol. The molecule has 2 aliphatic carbocycles. The molecule has 0 radical (unpaired) electrons. The molecule has 2 heterocycles. The van der Waals surface area contributed by atoms with Gasteiger partial charge < -0.3 is 9.64 Å². The molecular weight excluding hydrogens is 855 g/mol.